The second kappa shape index (κ2) is 8.14. The van der Waals surface area contributed by atoms with Crippen LogP contribution in [0, 0.1) is 5.82 Å². The van der Waals surface area contributed by atoms with Crippen LogP contribution in [-0.4, -0.2) is 11.8 Å². The molecule has 3 aromatic carbocycles. The molecule has 0 unspecified atom stereocenters. The number of hydrogen-bond donors (Lipinski definition) is 3. The highest BCUT2D eigenvalue weighted by Gasteiger charge is 2.09. The number of rotatable bonds is 5. The minimum absolute atomic E-state index is 0.307. The fourth-order valence-electron chi connectivity index (χ4n) is 2.59. The standard InChI is InChI=1S/C21H18FN3O2/c1-14(13-20(26)23-17-11-9-16(22)10-12-17)24-25-21(27)19-8-4-6-15-5-2-3-7-18(15)19/h2-13,24H,1H3,(H,23,26)(H,25,27). The Hall–Kier alpha value is -3.67. The largest absolute Gasteiger partial charge is 0.322 e. The molecule has 0 radical (unpaired) electrons. The van der Waals surface area contributed by atoms with E-state index in [1.807, 2.05) is 36.4 Å². The van der Waals surface area contributed by atoms with Crippen LogP contribution in [0.3, 0.4) is 0 Å². The van der Waals surface area contributed by atoms with Crippen LogP contribution in [0.4, 0.5) is 10.1 Å². The number of halogens is 1. The molecule has 3 rings (SSSR count). The maximum absolute atomic E-state index is 12.9. The van der Waals surface area contributed by atoms with Crippen LogP contribution in [0.25, 0.3) is 10.8 Å². The van der Waals surface area contributed by atoms with E-state index in [1.54, 1.807) is 13.0 Å². The third-order valence-electron chi connectivity index (χ3n) is 3.87. The average molecular weight is 363 g/mol. The van der Waals surface area contributed by atoms with Gasteiger partial charge in [-0.3, -0.25) is 15.0 Å². The number of allylic oxidation sites excluding steroid dienone is 1. The molecule has 0 atom stereocenters. The van der Waals surface area contributed by atoms with Gasteiger partial charge in [0.25, 0.3) is 5.91 Å². The lowest BCUT2D eigenvalue weighted by molar-refractivity contribution is -0.112. The van der Waals surface area contributed by atoms with Gasteiger partial charge < -0.3 is 10.7 Å². The van der Waals surface area contributed by atoms with Gasteiger partial charge in [-0.2, -0.15) is 0 Å². The normalized spacial score (nSPS) is 11.1. The lowest BCUT2D eigenvalue weighted by Crippen LogP contribution is -2.36. The van der Waals surface area contributed by atoms with E-state index in [0.29, 0.717) is 16.9 Å². The van der Waals surface area contributed by atoms with E-state index in [4.69, 9.17) is 0 Å². The summed E-state index contributed by atoms with van der Waals surface area (Å²) in [5, 5.41) is 4.42. The summed E-state index contributed by atoms with van der Waals surface area (Å²) in [5.74, 6) is -1.08. The third-order valence-corrected chi connectivity index (χ3v) is 3.87. The molecule has 0 aliphatic heterocycles. The Morgan fingerprint density at radius 3 is 2.37 bits per heavy atom. The van der Waals surface area contributed by atoms with Crippen LogP contribution < -0.4 is 16.2 Å². The molecule has 2 amide bonds. The van der Waals surface area contributed by atoms with E-state index in [0.717, 1.165) is 10.8 Å². The summed E-state index contributed by atoms with van der Waals surface area (Å²) in [5.41, 5.74) is 6.75. The monoisotopic (exact) mass is 363 g/mol. The number of amides is 2. The molecule has 136 valence electrons. The molecular weight excluding hydrogens is 345 g/mol. The number of anilines is 1. The highest BCUT2D eigenvalue weighted by molar-refractivity contribution is 6.07. The maximum Gasteiger partial charge on any atom is 0.270 e. The van der Waals surface area contributed by atoms with E-state index in [-0.39, 0.29) is 11.7 Å². The smallest absolute Gasteiger partial charge is 0.270 e. The van der Waals surface area contributed by atoms with Crippen molar-refractivity contribution in [3.8, 4) is 0 Å². The van der Waals surface area contributed by atoms with Crippen molar-refractivity contribution >= 4 is 28.3 Å². The summed E-state index contributed by atoms with van der Waals surface area (Å²) in [6, 6.07) is 18.5. The number of carbonyl (C=O) groups excluding carboxylic acids is 2. The zero-order valence-corrected chi connectivity index (χ0v) is 14.6. The van der Waals surface area contributed by atoms with Crippen molar-refractivity contribution in [2.24, 2.45) is 0 Å². The van der Waals surface area contributed by atoms with Crippen LogP contribution in [-0.2, 0) is 4.79 Å². The van der Waals surface area contributed by atoms with E-state index in [1.165, 1.54) is 30.3 Å². The van der Waals surface area contributed by atoms with Crippen molar-refractivity contribution < 1.29 is 14.0 Å². The van der Waals surface area contributed by atoms with Crippen molar-refractivity contribution in [1.29, 1.82) is 0 Å². The van der Waals surface area contributed by atoms with Crippen molar-refractivity contribution in [2.75, 3.05) is 5.32 Å². The average Bonchev–Trinajstić information content (AvgIpc) is 2.67. The second-order valence-corrected chi connectivity index (χ2v) is 5.93. The Kier molecular flexibility index (Phi) is 5.47. The highest BCUT2D eigenvalue weighted by Crippen LogP contribution is 2.18. The second-order valence-electron chi connectivity index (χ2n) is 5.93. The van der Waals surface area contributed by atoms with Gasteiger partial charge in [-0.15, -0.1) is 0 Å². The summed E-state index contributed by atoms with van der Waals surface area (Å²) in [6.45, 7) is 1.65. The molecule has 3 aromatic rings. The van der Waals surface area contributed by atoms with E-state index < -0.39 is 5.91 Å². The predicted octanol–water partition coefficient (Wildman–Crippen LogP) is 3.76. The quantitative estimate of drug-likeness (QED) is 0.478. The van der Waals surface area contributed by atoms with Gasteiger partial charge in [0.05, 0.1) is 0 Å². The summed E-state index contributed by atoms with van der Waals surface area (Å²) < 4.78 is 12.9. The fourth-order valence-corrected chi connectivity index (χ4v) is 2.59. The van der Waals surface area contributed by atoms with E-state index in [9.17, 15) is 14.0 Å². The molecule has 6 heteroatoms. The number of fused-ring (bicyclic) bond motifs is 1. The summed E-state index contributed by atoms with van der Waals surface area (Å²) in [6.07, 6.45) is 1.30. The van der Waals surface area contributed by atoms with Gasteiger partial charge in [0.1, 0.15) is 5.82 Å². The molecule has 0 spiro atoms. The lowest BCUT2D eigenvalue weighted by atomic mass is 10.0. The SMILES string of the molecule is CC(=CC(=O)Nc1ccc(F)cc1)NNC(=O)c1cccc2ccccc12. The number of hydrazine groups is 1. The molecule has 0 saturated heterocycles. The Balaban J connectivity index is 1.61. The van der Waals surface area contributed by atoms with Crippen LogP contribution in [0.1, 0.15) is 17.3 Å². The van der Waals surface area contributed by atoms with Gasteiger partial charge in [0, 0.05) is 23.0 Å². The molecule has 0 saturated carbocycles. The van der Waals surface area contributed by atoms with Gasteiger partial charge in [0.15, 0.2) is 0 Å². The first kappa shape index (κ1) is 18.1. The van der Waals surface area contributed by atoms with Crippen LogP contribution in [0.2, 0.25) is 0 Å². The predicted molar refractivity (Wildman–Crippen MR) is 103 cm³/mol. The molecule has 0 aliphatic rings. The van der Waals surface area contributed by atoms with Crippen molar-refractivity contribution in [3.05, 3.63) is 89.9 Å². The number of benzene rings is 3. The Bertz CT molecular complexity index is 1010. The molecule has 0 heterocycles. The first-order valence-corrected chi connectivity index (χ1v) is 8.32. The van der Waals surface area contributed by atoms with Crippen molar-refractivity contribution in [3.63, 3.8) is 0 Å². The molecular formula is C21H18FN3O2. The van der Waals surface area contributed by atoms with Crippen LogP contribution in [0.5, 0.6) is 0 Å². The topological polar surface area (TPSA) is 70.2 Å². The zero-order valence-electron chi connectivity index (χ0n) is 14.6. The number of hydrogen-bond acceptors (Lipinski definition) is 3. The first-order chi connectivity index (χ1) is 13.0. The Morgan fingerprint density at radius 2 is 1.59 bits per heavy atom. The van der Waals surface area contributed by atoms with Crippen LogP contribution in [0.15, 0.2) is 78.5 Å². The molecule has 0 aliphatic carbocycles. The summed E-state index contributed by atoms with van der Waals surface area (Å²) in [4.78, 5) is 24.4. The Morgan fingerprint density at radius 1 is 0.889 bits per heavy atom. The van der Waals surface area contributed by atoms with Crippen LogP contribution >= 0.6 is 0 Å². The van der Waals surface area contributed by atoms with Gasteiger partial charge in [0.2, 0.25) is 5.91 Å². The summed E-state index contributed by atoms with van der Waals surface area (Å²) >= 11 is 0. The van der Waals surface area contributed by atoms with E-state index in [2.05, 4.69) is 16.2 Å². The summed E-state index contributed by atoms with van der Waals surface area (Å²) in [7, 11) is 0. The zero-order chi connectivity index (χ0) is 19.2. The molecule has 0 aromatic heterocycles. The molecule has 27 heavy (non-hydrogen) atoms. The molecule has 3 N–H and O–H groups in total. The van der Waals surface area contributed by atoms with Crippen molar-refractivity contribution in [2.45, 2.75) is 6.92 Å². The maximum atomic E-state index is 12.9. The molecule has 5 nitrogen and oxygen atoms in total. The van der Waals surface area contributed by atoms with Gasteiger partial charge in [-0.1, -0.05) is 36.4 Å². The van der Waals surface area contributed by atoms with Crippen molar-refractivity contribution in [1.82, 2.24) is 10.9 Å². The lowest BCUT2D eigenvalue weighted by Gasteiger charge is -2.11. The fraction of sp³-hybridized carbons (Fsp3) is 0.0476. The molecule has 0 fully saturated rings. The third kappa shape index (κ3) is 4.70. The highest BCUT2D eigenvalue weighted by atomic mass is 19.1. The Labute approximate surface area is 155 Å². The van der Waals surface area contributed by atoms with E-state index >= 15 is 0 Å². The minimum Gasteiger partial charge on any atom is -0.322 e. The number of carbonyl (C=O) groups is 2. The van der Waals surface area contributed by atoms with Gasteiger partial charge in [-0.25, -0.2) is 4.39 Å². The van der Waals surface area contributed by atoms with Gasteiger partial charge >= 0.3 is 0 Å². The number of nitrogens with one attached hydrogen (secondary N) is 3. The molecule has 0 bridgehead atoms. The van der Waals surface area contributed by atoms with Gasteiger partial charge in [-0.05, 0) is 48.0 Å². The first-order valence-electron chi connectivity index (χ1n) is 8.32. The minimum atomic E-state index is -0.397.